The van der Waals surface area contributed by atoms with Gasteiger partial charge in [-0.3, -0.25) is 0 Å². The Balaban J connectivity index is 3.23. The fraction of sp³-hybridized carbons (Fsp3) is 1.00. The van der Waals surface area contributed by atoms with E-state index >= 15 is 0 Å². The van der Waals surface area contributed by atoms with Crippen molar-refractivity contribution in [3.63, 3.8) is 0 Å². The van der Waals surface area contributed by atoms with Gasteiger partial charge in [-0.05, 0) is 12.8 Å². The number of hydrogen-bond donors (Lipinski definition) is 5. The summed E-state index contributed by atoms with van der Waals surface area (Å²) in [5.74, 6) is 0. The van der Waals surface area contributed by atoms with Crippen LogP contribution < -0.4 is 5.32 Å². The van der Waals surface area contributed by atoms with Gasteiger partial charge in [0.25, 0.3) is 0 Å². The van der Waals surface area contributed by atoms with Crippen molar-refractivity contribution in [3.05, 3.63) is 0 Å². The van der Waals surface area contributed by atoms with Crippen LogP contribution in [0, 0.1) is 0 Å². The van der Waals surface area contributed by atoms with Crippen LogP contribution in [0.5, 0.6) is 0 Å². The van der Waals surface area contributed by atoms with Crippen molar-refractivity contribution in [3.8, 4) is 0 Å². The molecule has 2 atom stereocenters. The Morgan fingerprint density at radius 2 is 1.23 bits per heavy atom. The predicted molar refractivity (Wildman–Crippen MR) is 48.3 cm³/mol. The Labute approximate surface area is 78.0 Å². The molecule has 0 rings (SSSR count). The first-order valence-corrected chi connectivity index (χ1v) is 4.49. The first-order chi connectivity index (χ1) is 6.20. The van der Waals surface area contributed by atoms with E-state index in [9.17, 15) is 0 Å². The van der Waals surface area contributed by atoms with Crippen molar-refractivity contribution in [1.29, 1.82) is 0 Å². The minimum atomic E-state index is -0.577. The lowest BCUT2D eigenvalue weighted by Gasteiger charge is -2.13. The SMILES string of the molecule is OCCC(O)CNCC(O)CCO. The van der Waals surface area contributed by atoms with Gasteiger partial charge in [-0.2, -0.15) is 0 Å². The molecular formula is C8H19NO4. The quantitative estimate of drug-likeness (QED) is 0.309. The van der Waals surface area contributed by atoms with Crippen LogP contribution >= 0.6 is 0 Å². The van der Waals surface area contributed by atoms with Crippen LogP contribution in [-0.4, -0.2) is 58.9 Å². The maximum atomic E-state index is 9.14. The second-order valence-electron chi connectivity index (χ2n) is 2.99. The Kier molecular flexibility index (Phi) is 8.27. The van der Waals surface area contributed by atoms with Gasteiger partial charge in [-0.15, -0.1) is 0 Å². The number of rotatable bonds is 8. The zero-order valence-electron chi connectivity index (χ0n) is 7.69. The van der Waals surface area contributed by atoms with E-state index in [1.54, 1.807) is 0 Å². The van der Waals surface area contributed by atoms with Crippen molar-refractivity contribution in [2.75, 3.05) is 26.3 Å². The highest BCUT2D eigenvalue weighted by Gasteiger charge is 2.05. The summed E-state index contributed by atoms with van der Waals surface area (Å²) >= 11 is 0. The lowest BCUT2D eigenvalue weighted by molar-refractivity contribution is 0.110. The topological polar surface area (TPSA) is 93.0 Å². The minimum Gasteiger partial charge on any atom is -0.396 e. The molecule has 0 aromatic carbocycles. The zero-order valence-corrected chi connectivity index (χ0v) is 7.69. The zero-order chi connectivity index (χ0) is 10.1. The van der Waals surface area contributed by atoms with Gasteiger partial charge >= 0.3 is 0 Å². The summed E-state index contributed by atoms with van der Waals surface area (Å²) in [7, 11) is 0. The van der Waals surface area contributed by atoms with E-state index in [0.717, 1.165) is 0 Å². The van der Waals surface area contributed by atoms with Gasteiger partial charge in [0.1, 0.15) is 0 Å². The summed E-state index contributed by atoms with van der Waals surface area (Å²) in [5, 5.41) is 38.0. The molecule has 13 heavy (non-hydrogen) atoms. The van der Waals surface area contributed by atoms with E-state index in [4.69, 9.17) is 20.4 Å². The summed E-state index contributed by atoms with van der Waals surface area (Å²) in [6.45, 7) is 0.621. The van der Waals surface area contributed by atoms with Gasteiger partial charge in [0.2, 0.25) is 0 Å². The molecule has 0 spiro atoms. The molecule has 0 aromatic heterocycles. The Hall–Kier alpha value is -0.200. The fourth-order valence-electron chi connectivity index (χ4n) is 0.919. The molecular weight excluding hydrogens is 174 g/mol. The smallest absolute Gasteiger partial charge is 0.0686 e. The van der Waals surface area contributed by atoms with Gasteiger partial charge in [0.15, 0.2) is 0 Å². The van der Waals surface area contributed by atoms with Crippen LogP contribution in [-0.2, 0) is 0 Å². The minimum absolute atomic E-state index is 0.0396. The van der Waals surface area contributed by atoms with Gasteiger partial charge in [-0.1, -0.05) is 0 Å². The Bertz CT molecular complexity index is 100. The molecule has 5 N–H and O–H groups in total. The van der Waals surface area contributed by atoms with E-state index in [1.165, 1.54) is 0 Å². The van der Waals surface area contributed by atoms with Gasteiger partial charge in [0, 0.05) is 26.3 Å². The third-order valence-electron chi connectivity index (χ3n) is 1.68. The van der Waals surface area contributed by atoms with E-state index < -0.39 is 12.2 Å². The van der Waals surface area contributed by atoms with Crippen LogP contribution in [0.4, 0.5) is 0 Å². The largest absolute Gasteiger partial charge is 0.396 e. The first kappa shape index (κ1) is 12.8. The van der Waals surface area contributed by atoms with E-state index in [-0.39, 0.29) is 13.2 Å². The number of hydrogen-bond acceptors (Lipinski definition) is 5. The van der Waals surface area contributed by atoms with Gasteiger partial charge in [-0.25, -0.2) is 0 Å². The number of nitrogens with one attached hydrogen (secondary N) is 1. The summed E-state index contributed by atoms with van der Waals surface area (Å²) in [6, 6.07) is 0. The second-order valence-corrected chi connectivity index (χ2v) is 2.99. The van der Waals surface area contributed by atoms with Gasteiger partial charge in [0.05, 0.1) is 12.2 Å². The summed E-state index contributed by atoms with van der Waals surface area (Å²) in [6.07, 6.45) is -0.482. The monoisotopic (exact) mass is 193 g/mol. The maximum absolute atomic E-state index is 9.14. The second kappa shape index (κ2) is 8.40. The predicted octanol–water partition coefficient (Wildman–Crippen LogP) is -1.94. The molecule has 0 saturated carbocycles. The van der Waals surface area contributed by atoms with Gasteiger partial charge < -0.3 is 25.7 Å². The molecule has 0 aliphatic carbocycles. The van der Waals surface area contributed by atoms with Crippen molar-refractivity contribution in [1.82, 2.24) is 5.32 Å². The third-order valence-corrected chi connectivity index (χ3v) is 1.68. The highest BCUT2D eigenvalue weighted by molar-refractivity contribution is 4.63. The van der Waals surface area contributed by atoms with Crippen LogP contribution in [0.2, 0.25) is 0 Å². The molecule has 0 radical (unpaired) electrons. The molecule has 0 heterocycles. The molecule has 0 aliphatic rings. The van der Waals surface area contributed by atoms with Crippen molar-refractivity contribution >= 4 is 0 Å². The molecule has 0 saturated heterocycles. The van der Waals surface area contributed by atoms with Crippen molar-refractivity contribution in [2.24, 2.45) is 0 Å². The number of aliphatic hydroxyl groups excluding tert-OH is 4. The van der Waals surface area contributed by atoms with Crippen molar-refractivity contribution in [2.45, 2.75) is 25.0 Å². The average molecular weight is 193 g/mol. The standard InChI is InChI=1S/C8H19NO4/c10-3-1-7(12)5-9-6-8(13)2-4-11/h7-13H,1-6H2. The lowest BCUT2D eigenvalue weighted by Crippen LogP contribution is -2.33. The molecule has 2 unspecified atom stereocenters. The van der Waals surface area contributed by atoms with E-state index in [2.05, 4.69) is 5.32 Å². The average Bonchev–Trinajstić information content (AvgIpc) is 2.05. The molecule has 5 nitrogen and oxygen atoms in total. The Morgan fingerprint density at radius 1 is 0.846 bits per heavy atom. The van der Waals surface area contributed by atoms with Crippen LogP contribution in [0.3, 0.4) is 0 Å². The lowest BCUT2D eigenvalue weighted by atomic mass is 10.2. The summed E-state index contributed by atoms with van der Waals surface area (Å²) < 4.78 is 0. The number of aliphatic hydroxyl groups is 4. The first-order valence-electron chi connectivity index (χ1n) is 4.49. The molecule has 0 fully saturated rings. The normalized spacial score (nSPS) is 15.7. The van der Waals surface area contributed by atoms with Crippen LogP contribution in [0.25, 0.3) is 0 Å². The van der Waals surface area contributed by atoms with Crippen LogP contribution in [0.15, 0.2) is 0 Å². The molecule has 0 aliphatic heterocycles. The molecule has 0 bridgehead atoms. The van der Waals surface area contributed by atoms with E-state index in [1.807, 2.05) is 0 Å². The van der Waals surface area contributed by atoms with Crippen LogP contribution in [0.1, 0.15) is 12.8 Å². The third kappa shape index (κ3) is 8.14. The summed E-state index contributed by atoms with van der Waals surface area (Å²) in [4.78, 5) is 0. The molecule has 80 valence electrons. The fourth-order valence-corrected chi connectivity index (χ4v) is 0.919. The van der Waals surface area contributed by atoms with Crippen molar-refractivity contribution < 1.29 is 20.4 Å². The van der Waals surface area contributed by atoms with E-state index in [0.29, 0.717) is 25.9 Å². The molecule has 0 amide bonds. The highest BCUT2D eigenvalue weighted by atomic mass is 16.3. The summed E-state index contributed by atoms with van der Waals surface area (Å²) in [5.41, 5.74) is 0. The molecule has 0 aromatic rings. The highest BCUT2D eigenvalue weighted by Crippen LogP contribution is 1.90. The Morgan fingerprint density at radius 3 is 1.54 bits per heavy atom. The maximum Gasteiger partial charge on any atom is 0.0686 e. The molecule has 5 heteroatoms.